The zero-order valence-corrected chi connectivity index (χ0v) is 8.34. The fourth-order valence-electron chi connectivity index (χ4n) is 1.26. The molecule has 0 aliphatic rings. The van der Waals surface area contributed by atoms with Crippen LogP contribution in [0.5, 0.6) is 0 Å². The first-order chi connectivity index (χ1) is 6.02. The second kappa shape index (κ2) is 3.88. The first kappa shape index (κ1) is 10.2. The Morgan fingerprint density at radius 3 is 2.38 bits per heavy atom. The van der Waals surface area contributed by atoms with Gasteiger partial charge in [-0.2, -0.15) is 0 Å². The van der Waals surface area contributed by atoms with E-state index in [2.05, 4.69) is 0 Å². The molecule has 0 fully saturated rings. The Hall–Kier alpha value is -0.890. The van der Waals surface area contributed by atoms with Crippen LogP contribution < -0.4 is 5.73 Å². The van der Waals surface area contributed by atoms with Gasteiger partial charge in [-0.15, -0.1) is 0 Å². The van der Waals surface area contributed by atoms with E-state index in [9.17, 15) is 4.39 Å². The molecule has 1 aromatic rings. The van der Waals surface area contributed by atoms with E-state index >= 15 is 0 Å². The van der Waals surface area contributed by atoms with Gasteiger partial charge >= 0.3 is 0 Å². The number of benzene rings is 1. The van der Waals surface area contributed by atoms with Crippen LogP contribution in [0, 0.1) is 18.7 Å². The summed E-state index contributed by atoms with van der Waals surface area (Å²) < 4.78 is 13.4. The van der Waals surface area contributed by atoms with Crippen molar-refractivity contribution in [3.8, 4) is 0 Å². The summed E-state index contributed by atoms with van der Waals surface area (Å²) in [5, 5.41) is 0. The zero-order chi connectivity index (χ0) is 10.0. The van der Waals surface area contributed by atoms with Gasteiger partial charge in [0.25, 0.3) is 0 Å². The summed E-state index contributed by atoms with van der Waals surface area (Å²) in [7, 11) is 0. The maximum absolute atomic E-state index is 13.4. The third-order valence-electron chi connectivity index (χ3n) is 2.23. The minimum absolute atomic E-state index is 0.193. The summed E-state index contributed by atoms with van der Waals surface area (Å²) in [6.07, 6.45) is 0. The van der Waals surface area contributed by atoms with E-state index < -0.39 is 0 Å². The topological polar surface area (TPSA) is 26.0 Å². The number of hydrogen-bond donors (Lipinski definition) is 1. The molecule has 0 aliphatic heterocycles. The van der Waals surface area contributed by atoms with Gasteiger partial charge in [0.1, 0.15) is 5.82 Å². The van der Waals surface area contributed by atoms with Crippen molar-refractivity contribution in [2.24, 2.45) is 11.7 Å². The smallest absolute Gasteiger partial charge is 0.128 e. The van der Waals surface area contributed by atoms with Gasteiger partial charge in [0.2, 0.25) is 0 Å². The molecule has 1 aromatic carbocycles. The first-order valence-electron chi connectivity index (χ1n) is 4.54. The van der Waals surface area contributed by atoms with E-state index in [-0.39, 0.29) is 17.8 Å². The minimum atomic E-state index is -0.208. The molecule has 2 heteroatoms. The molecule has 0 bridgehead atoms. The van der Waals surface area contributed by atoms with Crippen molar-refractivity contribution in [3.63, 3.8) is 0 Å². The van der Waals surface area contributed by atoms with Gasteiger partial charge in [0.05, 0.1) is 0 Å². The molecule has 0 saturated heterocycles. The highest BCUT2D eigenvalue weighted by molar-refractivity contribution is 5.26. The molecule has 1 rings (SSSR count). The molecule has 0 amide bonds. The molecule has 13 heavy (non-hydrogen) atoms. The highest BCUT2D eigenvalue weighted by Gasteiger charge is 2.14. The SMILES string of the molecule is Cc1ccc([C@H](N)C(C)C)c(F)c1. The van der Waals surface area contributed by atoms with Crippen molar-refractivity contribution >= 4 is 0 Å². The van der Waals surface area contributed by atoms with Gasteiger partial charge in [-0.3, -0.25) is 0 Å². The number of halogens is 1. The molecule has 0 aromatic heterocycles. The molecule has 72 valence electrons. The quantitative estimate of drug-likeness (QED) is 0.746. The van der Waals surface area contributed by atoms with Crippen LogP contribution in [0.3, 0.4) is 0 Å². The molecule has 1 nitrogen and oxygen atoms in total. The lowest BCUT2D eigenvalue weighted by Crippen LogP contribution is -2.18. The third-order valence-corrected chi connectivity index (χ3v) is 2.23. The van der Waals surface area contributed by atoms with E-state index in [1.807, 2.05) is 26.8 Å². The van der Waals surface area contributed by atoms with Crippen LogP contribution in [-0.2, 0) is 0 Å². The van der Waals surface area contributed by atoms with Crippen molar-refractivity contribution in [2.75, 3.05) is 0 Å². The molecule has 1 atom stereocenters. The monoisotopic (exact) mass is 181 g/mol. The Bertz CT molecular complexity index is 294. The summed E-state index contributed by atoms with van der Waals surface area (Å²) in [5.74, 6) is 0.0680. The Kier molecular flexibility index (Phi) is 3.04. The van der Waals surface area contributed by atoms with Crippen LogP contribution in [0.25, 0.3) is 0 Å². The predicted molar refractivity (Wildman–Crippen MR) is 52.9 cm³/mol. The first-order valence-corrected chi connectivity index (χ1v) is 4.54. The summed E-state index contributed by atoms with van der Waals surface area (Å²) in [4.78, 5) is 0. The molecule has 0 radical (unpaired) electrons. The second-order valence-corrected chi connectivity index (χ2v) is 3.79. The van der Waals surface area contributed by atoms with Crippen LogP contribution in [0.2, 0.25) is 0 Å². The lowest BCUT2D eigenvalue weighted by molar-refractivity contribution is 0.484. The van der Waals surface area contributed by atoms with Crippen molar-refractivity contribution in [1.82, 2.24) is 0 Å². The van der Waals surface area contributed by atoms with Crippen LogP contribution in [0.4, 0.5) is 4.39 Å². The zero-order valence-electron chi connectivity index (χ0n) is 8.34. The summed E-state index contributed by atoms with van der Waals surface area (Å²) >= 11 is 0. The molecule has 2 N–H and O–H groups in total. The molecule has 0 saturated carbocycles. The fourth-order valence-corrected chi connectivity index (χ4v) is 1.26. The molecule has 0 aliphatic carbocycles. The second-order valence-electron chi connectivity index (χ2n) is 3.79. The highest BCUT2D eigenvalue weighted by atomic mass is 19.1. The Labute approximate surface area is 78.8 Å². The molecule has 0 heterocycles. The van der Waals surface area contributed by atoms with Crippen LogP contribution in [0.1, 0.15) is 31.0 Å². The lowest BCUT2D eigenvalue weighted by Gasteiger charge is -2.16. The predicted octanol–water partition coefficient (Wildman–Crippen LogP) is 2.79. The average Bonchev–Trinajstić information content (AvgIpc) is 2.03. The summed E-state index contributed by atoms with van der Waals surface area (Å²) in [6.45, 7) is 5.85. The maximum atomic E-state index is 13.4. The average molecular weight is 181 g/mol. The summed E-state index contributed by atoms with van der Waals surface area (Å²) in [5.41, 5.74) is 7.39. The van der Waals surface area contributed by atoms with Crippen molar-refractivity contribution in [2.45, 2.75) is 26.8 Å². The molecule has 0 unspecified atom stereocenters. The van der Waals surface area contributed by atoms with Gasteiger partial charge in [0.15, 0.2) is 0 Å². The van der Waals surface area contributed by atoms with Crippen LogP contribution in [0.15, 0.2) is 18.2 Å². The normalized spacial score (nSPS) is 13.4. The standard InChI is InChI=1S/C11H16FN/c1-7(2)11(13)9-5-4-8(3)6-10(9)12/h4-7,11H,13H2,1-3H3/t11-/m1/s1. The van der Waals surface area contributed by atoms with Gasteiger partial charge in [-0.05, 0) is 24.5 Å². The van der Waals surface area contributed by atoms with Crippen molar-refractivity contribution in [3.05, 3.63) is 35.1 Å². The Balaban J connectivity index is 3.01. The summed E-state index contributed by atoms with van der Waals surface area (Å²) in [6, 6.07) is 4.98. The van der Waals surface area contributed by atoms with Crippen molar-refractivity contribution < 1.29 is 4.39 Å². The minimum Gasteiger partial charge on any atom is -0.324 e. The van der Waals surface area contributed by atoms with Gasteiger partial charge in [0, 0.05) is 11.6 Å². The number of rotatable bonds is 2. The number of nitrogens with two attached hydrogens (primary N) is 1. The number of hydrogen-bond acceptors (Lipinski definition) is 1. The molecular formula is C11H16FN. The Morgan fingerprint density at radius 1 is 1.31 bits per heavy atom. The van der Waals surface area contributed by atoms with Gasteiger partial charge in [-0.1, -0.05) is 26.0 Å². The molecular weight excluding hydrogens is 165 g/mol. The van der Waals surface area contributed by atoms with Crippen LogP contribution >= 0.6 is 0 Å². The highest BCUT2D eigenvalue weighted by Crippen LogP contribution is 2.22. The third kappa shape index (κ3) is 2.28. The van der Waals surface area contributed by atoms with Gasteiger partial charge < -0.3 is 5.73 Å². The van der Waals surface area contributed by atoms with E-state index in [4.69, 9.17) is 5.73 Å². The Morgan fingerprint density at radius 2 is 1.92 bits per heavy atom. The van der Waals surface area contributed by atoms with E-state index in [0.717, 1.165) is 5.56 Å². The fraction of sp³-hybridized carbons (Fsp3) is 0.455. The maximum Gasteiger partial charge on any atom is 0.128 e. The lowest BCUT2D eigenvalue weighted by atomic mass is 9.96. The van der Waals surface area contributed by atoms with Gasteiger partial charge in [-0.25, -0.2) is 4.39 Å². The van der Waals surface area contributed by atoms with E-state index in [1.165, 1.54) is 6.07 Å². The largest absolute Gasteiger partial charge is 0.324 e. The van der Waals surface area contributed by atoms with E-state index in [1.54, 1.807) is 6.07 Å². The molecule has 0 spiro atoms. The van der Waals surface area contributed by atoms with Crippen molar-refractivity contribution in [1.29, 1.82) is 0 Å². The van der Waals surface area contributed by atoms with E-state index in [0.29, 0.717) is 5.56 Å². The van der Waals surface area contributed by atoms with Crippen LogP contribution in [-0.4, -0.2) is 0 Å². The number of aryl methyl sites for hydroxylation is 1.